The van der Waals surface area contributed by atoms with Crippen molar-refractivity contribution in [1.82, 2.24) is 5.32 Å². The summed E-state index contributed by atoms with van der Waals surface area (Å²) in [6.45, 7) is 3.81. The summed E-state index contributed by atoms with van der Waals surface area (Å²) in [5.74, 6) is -1.57. The van der Waals surface area contributed by atoms with Crippen LogP contribution in [0.15, 0.2) is 72.8 Å². The Hall–Kier alpha value is -4.57. The molecule has 10 nitrogen and oxygen atoms in total. The van der Waals surface area contributed by atoms with Crippen molar-refractivity contribution in [3.63, 3.8) is 0 Å². The van der Waals surface area contributed by atoms with Crippen molar-refractivity contribution in [3.05, 3.63) is 99.6 Å². The van der Waals surface area contributed by atoms with Crippen molar-refractivity contribution in [3.8, 4) is 0 Å². The smallest absolute Gasteiger partial charge is 0.338 e. The maximum atomic E-state index is 13.0. The van der Waals surface area contributed by atoms with E-state index in [1.54, 1.807) is 6.92 Å². The second-order valence-electron chi connectivity index (χ2n) is 7.80. The van der Waals surface area contributed by atoms with Crippen LogP contribution in [-0.2, 0) is 9.53 Å². The Labute approximate surface area is 207 Å². The molecule has 0 fully saturated rings. The first-order valence-electron chi connectivity index (χ1n) is 11.2. The van der Waals surface area contributed by atoms with Crippen LogP contribution in [0.25, 0.3) is 0 Å². The van der Waals surface area contributed by atoms with Gasteiger partial charge < -0.3 is 20.7 Å². The Kier molecular flexibility index (Phi) is 8.84. The zero-order chi connectivity index (χ0) is 26.1. The lowest BCUT2D eigenvalue weighted by Gasteiger charge is -2.15. The third-order valence-electron chi connectivity index (χ3n) is 5.25. The highest BCUT2D eigenvalue weighted by molar-refractivity contribution is 6.10. The van der Waals surface area contributed by atoms with Crippen LogP contribution in [0.3, 0.4) is 0 Å². The maximum absolute atomic E-state index is 13.0. The van der Waals surface area contributed by atoms with Gasteiger partial charge in [0.15, 0.2) is 0 Å². The van der Waals surface area contributed by atoms with Crippen molar-refractivity contribution in [2.75, 3.05) is 23.8 Å². The highest BCUT2D eigenvalue weighted by atomic mass is 16.6. The number of ether oxygens (including phenoxy) is 1. The topological polar surface area (TPSA) is 140 Å². The van der Waals surface area contributed by atoms with Gasteiger partial charge in [0.1, 0.15) is 0 Å². The number of nitro groups is 1. The minimum absolute atomic E-state index is 0.0383. The summed E-state index contributed by atoms with van der Waals surface area (Å²) < 4.78 is 4.93. The Bertz CT molecular complexity index is 1250. The van der Waals surface area contributed by atoms with E-state index in [0.717, 1.165) is 11.6 Å². The molecule has 0 unspecified atom stereocenters. The van der Waals surface area contributed by atoms with E-state index in [-0.39, 0.29) is 36.1 Å². The van der Waals surface area contributed by atoms with Crippen molar-refractivity contribution < 1.29 is 24.0 Å². The van der Waals surface area contributed by atoms with Crippen molar-refractivity contribution in [2.45, 2.75) is 19.9 Å². The minimum Gasteiger partial charge on any atom is -0.462 e. The van der Waals surface area contributed by atoms with Gasteiger partial charge in [-0.3, -0.25) is 19.7 Å². The lowest BCUT2D eigenvalue weighted by atomic mass is 10.1. The Morgan fingerprint density at radius 1 is 0.972 bits per heavy atom. The molecule has 0 aromatic heterocycles. The number of rotatable bonds is 10. The van der Waals surface area contributed by atoms with Gasteiger partial charge in [-0.2, -0.15) is 0 Å². The summed E-state index contributed by atoms with van der Waals surface area (Å²) in [7, 11) is 0. The van der Waals surface area contributed by atoms with Gasteiger partial charge in [-0.1, -0.05) is 30.3 Å². The molecule has 186 valence electrons. The molecule has 0 saturated heterocycles. The summed E-state index contributed by atoms with van der Waals surface area (Å²) in [5, 5.41) is 19.6. The van der Waals surface area contributed by atoms with Crippen LogP contribution in [0.4, 0.5) is 17.1 Å². The summed E-state index contributed by atoms with van der Waals surface area (Å²) in [5.41, 5.74) is 1.43. The molecule has 36 heavy (non-hydrogen) atoms. The standard InChI is InChI=1S/C26H26N4O6/c1-3-36-26(33)19-9-11-20(12-10-19)28-25(32)22-15-21(30(34)35)13-14-23(22)29-24(31)16-27-17(2)18-7-5-4-6-8-18/h4-15,17,27H,3,16H2,1-2H3,(H,28,32)(H,29,31)/t17-/m1/s1. The first-order valence-corrected chi connectivity index (χ1v) is 11.2. The fraction of sp³-hybridized carbons (Fsp3) is 0.192. The van der Waals surface area contributed by atoms with E-state index in [9.17, 15) is 24.5 Å². The average molecular weight is 491 g/mol. The van der Waals surface area contributed by atoms with E-state index in [1.807, 2.05) is 37.3 Å². The van der Waals surface area contributed by atoms with Gasteiger partial charge >= 0.3 is 5.97 Å². The lowest BCUT2D eigenvalue weighted by Crippen LogP contribution is -2.30. The van der Waals surface area contributed by atoms with E-state index < -0.39 is 22.7 Å². The number of hydrogen-bond donors (Lipinski definition) is 3. The number of esters is 1. The molecule has 0 aliphatic rings. The Morgan fingerprint density at radius 2 is 1.67 bits per heavy atom. The number of non-ortho nitro benzene ring substituents is 1. The number of anilines is 2. The third kappa shape index (κ3) is 6.97. The normalized spacial score (nSPS) is 11.3. The molecule has 3 rings (SSSR count). The molecular weight excluding hydrogens is 464 g/mol. The predicted octanol–water partition coefficient (Wildman–Crippen LogP) is 4.31. The van der Waals surface area contributed by atoms with Crippen LogP contribution >= 0.6 is 0 Å². The number of nitrogens with zero attached hydrogens (tertiary/aromatic N) is 1. The Morgan fingerprint density at radius 3 is 2.31 bits per heavy atom. The van der Waals surface area contributed by atoms with E-state index in [0.29, 0.717) is 11.3 Å². The molecule has 3 aromatic carbocycles. The predicted molar refractivity (Wildman–Crippen MR) is 135 cm³/mol. The third-order valence-corrected chi connectivity index (χ3v) is 5.25. The molecule has 0 spiro atoms. The van der Waals surface area contributed by atoms with E-state index in [1.165, 1.54) is 36.4 Å². The molecule has 0 heterocycles. The van der Waals surface area contributed by atoms with Gasteiger partial charge in [0.05, 0.1) is 34.9 Å². The number of carbonyl (C=O) groups is 3. The molecule has 0 aliphatic carbocycles. The molecular formula is C26H26N4O6. The molecule has 0 bridgehead atoms. The Balaban J connectivity index is 1.72. The number of nitrogens with one attached hydrogen (secondary N) is 3. The molecule has 10 heteroatoms. The maximum Gasteiger partial charge on any atom is 0.338 e. The summed E-state index contributed by atoms with van der Waals surface area (Å²) in [6.07, 6.45) is 0. The first kappa shape index (κ1) is 26.0. The van der Waals surface area contributed by atoms with Crippen LogP contribution in [0.1, 0.15) is 46.2 Å². The number of hydrogen-bond acceptors (Lipinski definition) is 7. The van der Waals surface area contributed by atoms with E-state index >= 15 is 0 Å². The molecule has 3 aromatic rings. The molecule has 1 atom stereocenters. The zero-order valence-electron chi connectivity index (χ0n) is 19.8. The second kappa shape index (κ2) is 12.2. The molecule has 2 amide bonds. The summed E-state index contributed by atoms with van der Waals surface area (Å²) in [6, 6.07) is 19.1. The van der Waals surface area contributed by atoms with Gasteiger partial charge in [-0.25, -0.2) is 4.79 Å². The van der Waals surface area contributed by atoms with Crippen molar-refractivity contribution >= 4 is 34.8 Å². The average Bonchev–Trinajstić information content (AvgIpc) is 2.88. The SMILES string of the molecule is CCOC(=O)c1ccc(NC(=O)c2cc([N+](=O)[O-])ccc2NC(=O)CN[C@H](C)c2ccccc2)cc1. The van der Waals surface area contributed by atoms with Crippen LogP contribution in [0, 0.1) is 10.1 Å². The van der Waals surface area contributed by atoms with Crippen LogP contribution in [0.5, 0.6) is 0 Å². The van der Waals surface area contributed by atoms with Crippen LogP contribution < -0.4 is 16.0 Å². The monoisotopic (exact) mass is 490 g/mol. The van der Waals surface area contributed by atoms with Crippen LogP contribution in [-0.4, -0.2) is 35.9 Å². The first-order chi connectivity index (χ1) is 17.3. The number of nitro benzene ring substituents is 1. The van der Waals surface area contributed by atoms with Gasteiger partial charge in [-0.05, 0) is 49.7 Å². The van der Waals surface area contributed by atoms with Crippen LogP contribution in [0.2, 0.25) is 0 Å². The highest BCUT2D eigenvalue weighted by Crippen LogP contribution is 2.24. The lowest BCUT2D eigenvalue weighted by molar-refractivity contribution is -0.384. The largest absolute Gasteiger partial charge is 0.462 e. The fourth-order valence-corrected chi connectivity index (χ4v) is 3.34. The quantitative estimate of drug-likeness (QED) is 0.218. The van der Waals surface area contributed by atoms with E-state index in [2.05, 4.69) is 16.0 Å². The number of amides is 2. The molecule has 0 aliphatic heterocycles. The number of carbonyl (C=O) groups excluding carboxylic acids is 3. The summed E-state index contributed by atoms with van der Waals surface area (Å²) in [4.78, 5) is 48.0. The van der Waals surface area contributed by atoms with Gasteiger partial charge in [0.2, 0.25) is 5.91 Å². The van der Waals surface area contributed by atoms with Gasteiger partial charge in [0, 0.05) is 23.9 Å². The second-order valence-corrected chi connectivity index (χ2v) is 7.80. The molecule has 0 radical (unpaired) electrons. The molecule has 3 N–H and O–H groups in total. The molecule has 0 saturated carbocycles. The zero-order valence-corrected chi connectivity index (χ0v) is 19.8. The minimum atomic E-state index is -0.663. The fourth-order valence-electron chi connectivity index (χ4n) is 3.34. The number of benzene rings is 3. The summed E-state index contributed by atoms with van der Waals surface area (Å²) >= 11 is 0. The van der Waals surface area contributed by atoms with Gasteiger partial charge in [-0.15, -0.1) is 0 Å². The van der Waals surface area contributed by atoms with Crippen molar-refractivity contribution in [1.29, 1.82) is 0 Å². The van der Waals surface area contributed by atoms with Gasteiger partial charge in [0.25, 0.3) is 11.6 Å². The van der Waals surface area contributed by atoms with Crippen molar-refractivity contribution in [2.24, 2.45) is 0 Å². The van der Waals surface area contributed by atoms with E-state index in [4.69, 9.17) is 4.74 Å². The highest BCUT2D eigenvalue weighted by Gasteiger charge is 2.19.